The molecular formula is C32H36NSi2+. The molecule has 1 fully saturated rings. The third-order valence-electron chi connectivity index (χ3n) is 8.99. The predicted octanol–water partition coefficient (Wildman–Crippen LogP) is 4.95. The van der Waals surface area contributed by atoms with Gasteiger partial charge >= 0.3 is 0 Å². The maximum Gasteiger partial charge on any atom is 0.213 e. The number of nitrogens with zero attached hydrogens (tertiary/aromatic N) is 1. The quantitative estimate of drug-likeness (QED) is 0.276. The molecule has 4 aromatic rings. The minimum absolute atomic E-state index is 1.29. The van der Waals surface area contributed by atoms with E-state index < -0.39 is 16.1 Å². The lowest BCUT2D eigenvalue weighted by atomic mass is 9.97. The maximum atomic E-state index is 2.65. The molecule has 1 nitrogen and oxygen atoms in total. The number of rotatable bonds is 2. The van der Waals surface area contributed by atoms with Crippen molar-refractivity contribution in [1.29, 1.82) is 0 Å². The van der Waals surface area contributed by atoms with Crippen molar-refractivity contribution >= 4 is 36.9 Å². The van der Waals surface area contributed by atoms with Gasteiger partial charge in [-0.05, 0) is 48.7 Å². The summed E-state index contributed by atoms with van der Waals surface area (Å²) in [7, 11) is -1.23. The van der Waals surface area contributed by atoms with Crippen LogP contribution in [-0.4, -0.2) is 16.1 Å². The Bertz CT molecular complexity index is 1460. The van der Waals surface area contributed by atoms with Gasteiger partial charge < -0.3 is 0 Å². The highest BCUT2D eigenvalue weighted by Crippen LogP contribution is 2.34. The predicted molar refractivity (Wildman–Crippen MR) is 155 cm³/mol. The fourth-order valence-corrected chi connectivity index (χ4v) is 18.6. The highest BCUT2D eigenvalue weighted by molar-refractivity contribution is 7.17. The fraction of sp³-hybridized carbons (Fsp3) is 0.281. The minimum Gasteiger partial charge on any atom is -0.201 e. The van der Waals surface area contributed by atoms with E-state index in [0.717, 1.165) is 0 Å². The second-order valence-electron chi connectivity index (χ2n) is 11.4. The lowest BCUT2D eigenvalue weighted by Crippen LogP contribution is -2.78. The van der Waals surface area contributed by atoms with E-state index in [1.54, 1.807) is 20.7 Å². The molecule has 176 valence electrons. The molecule has 1 aromatic heterocycles. The summed E-state index contributed by atoms with van der Waals surface area (Å²) in [6.45, 7) is 9.63. The molecule has 0 radical (unpaired) electrons. The Kier molecular flexibility index (Phi) is 5.28. The van der Waals surface area contributed by atoms with Gasteiger partial charge in [0, 0.05) is 17.2 Å². The van der Waals surface area contributed by atoms with Crippen LogP contribution in [-0.2, 0) is 7.05 Å². The average Bonchev–Trinajstić information content (AvgIpc) is 3.35. The molecule has 2 aliphatic heterocycles. The molecule has 0 aliphatic carbocycles. The fourth-order valence-electron chi connectivity index (χ4n) is 7.13. The molecule has 0 amide bonds. The number of hydrogen-bond acceptors (Lipinski definition) is 0. The summed E-state index contributed by atoms with van der Waals surface area (Å²) in [5.41, 5.74) is 8.06. The van der Waals surface area contributed by atoms with Gasteiger partial charge in [-0.2, -0.15) is 0 Å². The van der Waals surface area contributed by atoms with Crippen LogP contribution < -0.4 is 25.3 Å². The molecule has 35 heavy (non-hydrogen) atoms. The van der Waals surface area contributed by atoms with E-state index in [1.165, 1.54) is 58.4 Å². The van der Waals surface area contributed by atoms with Gasteiger partial charge in [-0.1, -0.05) is 107 Å². The first-order valence-corrected chi connectivity index (χ1v) is 18.6. The molecule has 3 heterocycles. The van der Waals surface area contributed by atoms with Crippen molar-refractivity contribution in [2.24, 2.45) is 7.05 Å². The Morgan fingerprint density at radius 1 is 0.657 bits per heavy atom. The number of benzene rings is 3. The van der Waals surface area contributed by atoms with Crippen LogP contribution in [0.3, 0.4) is 0 Å². The molecule has 3 aromatic carbocycles. The van der Waals surface area contributed by atoms with Crippen molar-refractivity contribution in [3.05, 3.63) is 90.1 Å². The molecule has 0 unspecified atom stereocenters. The van der Waals surface area contributed by atoms with E-state index in [4.69, 9.17) is 0 Å². The van der Waals surface area contributed by atoms with Crippen molar-refractivity contribution in [3.8, 4) is 22.4 Å². The molecule has 0 N–H and O–H groups in total. The van der Waals surface area contributed by atoms with E-state index >= 15 is 0 Å². The summed E-state index contributed by atoms with van der Waals surface area (Å²) in [5.74, 6) is 0. The van der Waals surface area contributed by atoms with Gasteiger partial charge in [0.2, 0.25) is 5.69 Å². The van der Waals surface area contributed by atoms with Gasteiger partial charge in [-0.25, -0.2) is 4.57 Å². The number of aromatic nitrogens is 1. The summed E-state index contributed by atoms with van der Waals surface area (Å²) in [6, 6.07) is 31.2. The Labute approximate surface area is 212 Å². The third-order valence-corrected chi connectivity index (χ3v) is 18.4. The topological polar surface area (TPSA) is 3.88 Å². The number of aryl methyl sites for hydroxylation is 3. The summed E-state index contributed by atoms with van der Waals surface area (Å²) in [6.07, 6.45) is 5.10. The Balaban J connectivity index is 1.58. The largest absolute Gasteiger partial charge is 0.213 e. The zero-order valence-electron chi connectivity index (χ0n) is 21.8. The molecule has 1 spiro atoms. The van der Waals surface area contributed by atoms with Gasteiger partial charge in [0.25, 0.3) is 0 Å². The van der Waals surface area contributed by atoms with Crippen molar-refractivity contribution in [1.82, 2.24) is 0 Å². The average molecular weight is 491 g/mol. The molecule has 6 rings (SSSR count). The van der Waals surface area contributed by atoms with Gasteiger partial charge in [0.15, 0.2) is 6.20 Å². The monoisotopic (exact) mass is 490 g/mol. The van der Waals surface area contributed by atoms with E-state index in [-0.39, 0.29) is 0 Å². The van der Waals surface area contributed by atoms with Crippen LogP contribution in [0.1, 0.15) is 24.0 Å². The maximum absolute atomic E-state index is 2.65. The first kappa shape index (κ1) is 22.7. The molecule has 0 saturated carbocycles. The van der Waals surface area contributed by atoms with Crippen LogP contribution in [0, 0.1) is 13.8 Å². The Morgan fingerprint density at radius 3 is 2.06 bits per heavy atom. The Hall–Kier alpha value is -2.76. The van der Waals surface area contributed by atoms with Crippen molar-refractivity contribution in [3.63, 3.8) is 0 Å². The molecule has 1 saturated heterocycles. The molecule has 2 aliphatic rings. The number of fused-ring (bicyclic) bond motifs is 4. The molecule has 3 heteroatoms. The zero-order chi connectivity index (χ0) is 24.4. The first-order valence-electron chi connectivity index (χ1n) is 13.1. The third kappa shape index (κ3) is 3.35. The first-order chi connectivity index (χ1) is 16.8. The highest BCUT2D eigenvalue weighted by Gasteiger charge is 2.50. The summed E-state index contributed by atoms with van der Waals surface area (Å²) < 4.78 is 2.29. The van der Waals surface area contributed by atoms with Gasteiger partial charge in [-0.3, -0.25) is 0 Å². The lowest BCUT2D eigenvalue weighted by molar-refractivity contribution is -0.660. The van der Waals surface area contributed by atoms with Gasteiger partial charge in [-0.15, -0.1) is 0 Å². The number of hydrogen-bond donors (Lipinski definition) is 0. The van der Waals surface area contributed by atoms with Crippen LogP contribution >= 0.6 is 0 Å². The standard InChI is InChI=1S/C32H36NSi2/c1-23-12-6-7-13-26(23)28-21-27(24(2)22-33(28)3)25-16-17-30-32(20-25)35(18-10-11-19-35)31-15-9-8-14-29(31)34(30,4)5/h6-9,12-17,20-22H,10-11,18-19H2,1-5H3/q+1. The summed E-state index contributed by atoms with van der Waals surface area (Å²) in [5, 5.41) is 6.98. The second-order valence-corrected chi connectivity index (χ2v) is 20.0. The Morgan fingerprint density at radius 2 is 1.31 bits per heavy atom. The van der Waals surface area contributed by atoms with Crippen LogP contribution in [0.15, 0.2) is 79.0 Å². The van der Waals surface area contributed by atoms with E-state index in [0.29, 0.717) is 0 Å². The van der Waals surface area contributed by atoms with Crippen molar-refractivity contribution in [2.45, 2.75) is 51.9 Å². The van der Waals surface area contributed by atoms with E-state index in [2.05, 4.69) is 118 Å². The zero-order valence-corrected chi connectivity index (χ0v) is 23.8. The normalized spacial score (nSPS) is 17.3. The van der Waals surface area contributed by atoms with Crippen LogP contribution in [0.5, 0.6) is 0 Å². The highest BCUT2D eigenvalue weighted by atomic mass is 28.3. The van der Waals surface area contributed by atoms with E-state index in [9.17, 15) is 0 Å². The molecule has 0 atom stereocenters. The minimum atomic E-state index is -1.71. The second kappa shape index (κ2) is 8.14. The van der Waals surface area contributed by atoms with Gasteiger partial charge in [0.1, 0.15) is 23.2 Å². The summed E-state index contributed by atoms with van der Waals surface area (Å²) in [4.78, 5) is 0. The van der Waals surface area contributed by atoms with Crippen LogP contribution in [0.4, 0.5) is 0 Å². The molecular weight excluding hydrogens is 455 g/mol. The number of pyridine rings is 1. The van der Waals surface area contributed by atoms with Gasteiger partial charge in [0.05, 0.1) is 0 Å². The summed E-state index contributed by atoms with van der Waals surface area (Å²) >= 11 is 0. The SMILES string of the molecule is Cc1c[n+](C)c(-c2ccccc2C)cc1-c1ccc2c(c1)[Si]1(CCCC1)c1ccccc1[Si]2(C)C. The van der Waals surface area contributed by atoms with E-state index in [1.807, 2.05) is 0 Å². The van der Waals surface area contributed by atoms with Crippen molar-refractivity contribution < 1.29 is 4.57 Å². The van der Waals surface area contributed by atoms with Crippen LogP contribution in [0.2, 0.25) is 25.2 Å². The van der Waals surface area contributed by atoms with Crippen LogP contribution in [0.25, 0.3) is 22.4 Å². The molecule has 0 bridgehead atoms. The smallest absolute Gasteiger partial charge is 0.201 e. The lowest BCUT2D eigenvalue weighted by Gasteiger charge is -2.43. The van der Waals surface area contributed by atoms with Crippen molar-refractivity contribution in [2.75, 3.05) is 0 Å².